The summed E-state index contributed by atoms with van der Waals surface area (Å²) in [6, 6.07) is 1.21. The van der Waals surface area contributed by atoms with Crippen LogP contribution in [0.5, 0.6) is 0 Å². The summed E-state index contributed by atoms with van der Waals surface area (Å²) >= 11 is -2.57. The molecule has 0 heterocycles. The first-order valence-corrected chi connectivity index (χ1v) is 16.0. The van der Waals surface area contributed by atoms with Gasteiger partial charge in [0.1, 0.15) is 0 Å². The Morgan fingerprint density at radius 1 is 0.632 bits per heavy atom. The topological polar surface area (TPSA) is 6.48 Å². The van der Waals surface area contributed by atoms with Crippen molar-refractivity contribution in [2.24, 2.45) is 0 Å². The third-order valence-corrected chi connectivity index (χ3v) is 17.2. The summed E-state index contributed by atoms with van der Waals surface area (Å²) in [7, 11) is 0. The Hall–Kier alpha value is 0.719. The van der Waals surface area contributed by atoms with Crippen LogP contribution in [0.2, 0.25) is 9.88 Å². The molecule has 0 radical (unpaired) electrons. The van der Waals surface area contributed by atoms with Gasteiger partial charge in [-0.1, -0.05) is 0 Å². The molecule has 3 heteroatoms. The monoisotopic (exact) mass is 378 g/mol. The number of hydrogen-bond donors (Lipinski definition) is 0. The zero-order chi connectivity index (χ0) is 15.8. The third-order valence-electron chi connectivity index (χ3n) is 3.66. The number of nitrogens with zero attached hydrogens (tertiary/aromatic N) is 2. The van der Waals surface area contributed by atoms with Gasteiger partial charge in [0, 0.05) is 0 Å². The Balaban J connectivity index is 5.75. The molecule has 2 nitrogen and oxygen atoms in total. The number of rotatable bonds is 4. The van der Waals surface area contributed by atoms with E-state index in [1.54, 1.807) is 0 Å². The van der Waals surface area contributed by atoms with Gasteiger partial charge >= 0.3 is 127 Å². The van der Waals surface area contributed by atoms with Crippen LogP contribution in [0, 0.1) is 0 Å². The Morgan fingerprint density at radius 3 is 0.947 bits per heavy atom. The van der Waals surface area contributed by atoms with Gasteiger partial charge in [0.25, 0.3) is 0 Å². The fraction of sp³-hybridized carbons (Fsp3) is 1.00. The van der Waals surface area contributed by atoms with E-state index in [2.05, 4.69) is 85.4 Å². The molecule has 19 heavy (non-hydrogen) atoms. The Bertz CT molecular complexity index is 254. The SMILES string of the molecule is CC(C)[N](C(C)(C)C)[Sn]([CH3])([CH3])[N](C(C)C)C(C)(C)C. The summed E-state index contributed by atoms with van der Waals surface area (Å²) in [5.41, 5.74) is 0.484. The minimum absolute atomic E-state index is 0.242. The molecule has 0 atom stereocenters. The molecule has 0 aromatic carbocycles. The molecule has 0 aliphatic heterocycles. The van der Waals surface area contributed by atoms with Gasteiger partial charge in [0.2, 0.25) is 0 Å². The van der Waals surface area contributed by atoms with Crippen molar-refractivity contribution in [2.75, 3.05) is 0 Å². The second-order valence-electron chi connectivity index (χ2n) is 8.76. The van der Waals surface area contributed by atoms with Crippen LogP contribution in [-0.4, -0.2) is 48.3 Å². The maximum absolute atomic E-state index is 2.84. The van der Waals surface area contributed by atoms with Gasteiger partial charge in [-0.25, -0.2) is 0 Å². The molecular formula is C16H38N2Sn. The predicted octanol–water partition coefficient (Wildman–Crippen LogP) is 4.71. The van der Waals surface area contributed by atoms with Crippen molar-refractivity contribution in [3.05, 3.63) is 0 Å². The standard InChI is InChI=1S/2C7H16N.2CH3.Sn/c2*1-6(2)8-7(3,4)5;;;/h2*6H,1-5H3;2*1H3;/q2*-1;;;+2. The molecule has 116 valence electrons. The normalized spacial score (nSPS) is 15.2. The predicted molar refractivity (Wildman–Crippen MR) is 90.9 cm³/mol. The van der Waals surface area contributed by atoms with Crippen LogP contribution in [0.1, 0.15) is 69.2 Å². The molecule has 0 saturated carbocycles. The Labute approximate surface area is 127 Å². The fourth-order valence-corrected chi connectivity index (χ4v) is 21.8. The van der Waals surface area contributed by atoms with E-state index in [1.165, 1.54) is 0 Å². The van der Waals surface area contributed by atoms with Crippen molar-refractivity contribution in [3.63, 3.8) is 0 Å². The summed E-state index contributed by atoms with van der Waals surface area (Å²) < 4.78 is 5.68. The first-order chi connectivity index (χ1) is 8.13. The van der Waals surface area contributed by atoms with Crippen molar-refractivity contribution in [1.82, 2.24) is 6.24 Å². The minimum atomic E-state index is -2.57. The van der Waals surface area contributed by atoms with E-state index < -0.39 is 18.9 Å². The molecule has 0 bridgehead atoms. The van der Waals surface area contributed by atoms with Gasteiger partial charge in [-0.2, -0.15) is 0 Å². The summed E-state index contributed by atoms with van der Waals surface area (Å²) in [4.78, 5) is 5.15. The van der Waals surface area contributed by atoms with Gasteiger partial charge < -0.3 is 0 Å². The van der Waals surface area contributed by atoms with Crippen LogP contribution in [-0.2, 0) is 0 Å². The Kier molecular flexibility index (Phi) is 6.46. The van der Waals surface area contributed by atoms with E-state index in [9.17, 15) is 0 Å². The summed E-state index contributed by atoms with van der Waals surface area (Å²) in [5, 5.41) is 0. The van der Waals surface area contributed by atoms with Crippen molar-refractivity contribution in [1.29, 1.82) is 0 Å². The van der Waals surface area contributed by atoms with Gasteiger partial charge in [-0.3, -0.25) is 0 Å². The Morgan fingerprint density at radius 2 is 0.842 bits per heavy atom. The van der Waals surface area contributed by atoms with E-state index >= 15 is 0 Å². The second-order valence-corrected chi connectivity index (χ2v) is 20.0. The average molecular weight is 377 g/mol. The third kappa shape index (κ3) is 4.89. The maximum atomic E-state index is 2.84. The van der Waals surface area contributed by atoms with Crippen LogP contribution in [0.4, 0.5) is 0 Å². The van der Waals surface area contributed by atoms with Crippen molar-refractivity contribution < 1.29 is 0 Å². The zero-order valence-corrected chi connectivity index (χ0v) is 18.4. The van der Waals surface area contributed by atoms with Gasteiger partial charge in [-0.15, -0.1) is 0 Å². The van der Waals surface area contributed by atoms with Crippen molar-refractivity contribution in [2.45, 2.75) is 102 Å². The molecule has 0 aromatic heterocycles. The molecule has 0 N–H and O–H groups in total. The molecule has 0 aromatic rings. The van der Waals surface area contributed by atoms with Crippen molar-refractivity contribution >= 4 is 18.9 Å². The average Bonchev–Trinajstić information content (AvgIpc) is 1.90. The van der Waals surface area contributed by atoms with Crippen LogP contribution < -0.4 is 0 Å². The summed E-state index contributed by atoms with van der Waals surface area (Å²) in [6.07, 6.45) is 0. The molecule has 0 amide bonds. The molecule has 0 saturated heterocycles. The fourth-order valence-electron chi connectivity index (χ4n) is 4.57. The van der Waals surface area contributed by atoms with Crippen LogP contribution in [0.25, 0.3) is 0 Å². The van der Waals surface area contributed by atoms with Crippen LogP contribution in [0.3, 0.4) is 0 Å². The summed E-state index contributed by atoms with van der Waals surface area (Å²) in [6.45, 7) is 23.6. The summed E-state index contributed by atoms with van der Waals surface area (Å²) in [5.74, 6) is 0. The van der Waals surface area contributed by atoms with Crippen LogP contribution in [0.15, 0.2) is 0 Å². The van der Waals surface area contributed by atoms with Crippen molar-refractivity contribution in [3.8, 4) is 0 Å². The molecule has 0 spiro atoms. The molecule has 0 aliphatic rings. The first kappa shape index (κ1) is 19.7. The van der Waals surface area contributed by atoms with E-state index in [0.29, 0.717) is 12.1 Å². The van der Waals surface area contributed by atoms with Gasteiger partial charge in [0.15, 0.2) is 0 Å². The van der Waals surface area contributed by atoms with Gasteiger partial charge in [-0.05, 0) is 0 Å². The molecule has 0 rings (SSSR count). The quantitative estimate of drug-likeness (QED) is 0.655. The van der Waals surface area contributed by atoms with E-state index in [4.69, 9.17) is 0 Å². The molecule has 0 unspecified atom stereocenters. The molecular weight excluding hydrogens is 339 g/mol. The van der Waals surface area contributed by atoms with Gasteiger partial charge in [0.05, 0.1) is 0 Å². The second kappa shape index (κ2) is 6.23. The van der Waals surface area contributed by atoms with E-state index in [1.807, 2.05) is 0 Å². The van der Waals surface area contributed by atoms with E-state index in [-0.39, 0.29) is 11.1 Å². The zero-order valence-electron chi connectivity index (χ0n) is 15.5. The first-order valence-electron chi connectivity index (χ1n) is 7.72. The number of hydrogen-bond acceptors (Lipinski definition) is 2. The van der Waals surface area contributed by atoms with E-state index in [0.717, 1.165) is 0 Å². The molecule has 0 aliphatic carbocycles. The van der Waals surface area contributed by atoms with Crippen LogP contribution >= 0.6 is 0 Å². The molecule has 0 fully saturated rings.